The van der Waals surface area contributed by atoms with Crippen LogP contribution in [0.25, 0.3) is 0 Å². The van der Waals surface area contributed by atoms with Gasteiger partial charge in [-0.2, -0.15) is 13.2 Å². The normalized spacial score (nSPS) is 12.7. The minimum atomic E-state index is -4.47. The Labute approximate surface area is 144 Å². The molecule has 0 aliphatic heterocycles. The Morgan fingerprint density at radius 1 is 1.16 bits per heavy atom. The van der Waals surface area contributed by atoms with Crippen molar-refractivity contribution >= 4 is 5.97 Å². The SMILES string of the molecule is Cc1cc(C)c(C)c(OC(Cc2cccc(C(F)(F)F)c2)C(=O)O)c1. The van der Waals surface area contributed by atoms with Crippen LogP contribution in [0.4, 0.5) is 13.2 Å². The molecule has 2 aromatic rings. The molecule has 6 heteroatoms. The Hall–Kier alpha value is -2.50. The van der Waals surface area contributed by atoms with E-state index in [0.29, 0.717) is 5.75 Å². The molecule has 1 unspecified atom stereocenters. The molecule has 134 valence electrons. The monoisotopic (exact) mass is 352 g/mol. The summed E-state index contributed by atoms with van der Waals surface area (Å²) in [5.41, 5.74) is 2.13. The highest BCUT2D eigenvalue weighted by atomic mass is 19.4. The van der Waals surface area contributed by atoms with Gasteiger partial charge in [-0.3, -0.25) is 0 Å². The molecular formula is C19H19F3O3. The lowest BCUT2D eigenvalue weighted by Gasteiger charge is -2.19. The lowest BCUT2D eigenvalue weighted by atomic mass is 10.0. The average Bonchev–Trinajstić information content (AvgIpc) is 2.50. The molecule has 0 aliphatic rings. The van der Waals surface area contributed by atoms with Crippen LogP contribution < -0.4 is 4.74 Å². The molecule has 0 bridgehead atoms. The third-order valence-corrected chi connectivity index (χ3v) is 3.98. The van der Waals surface area contributed by atoms with E-state index in [1.165, 1.54) is 12.1 Å². The smallest absolute Gasteiger partial charge is 0.416 e. The largest absolute Gasteiger partial charge is 0.478 e. The Morgan fingerprint density at radius 2 is 1.84 bits per heavy atom. The molecule has 0 spiro atoms. The zero-order valence-electron chi connectivity index (χ0n) is 14.1. The average molecular weight is 352 g/mol. The van der Waals surface area contributed by atoms with Crippen molar-refractivity contribution in [2.75, 3.05) is 0 Å². The number of carbonyl (C=O) groups is 1. The third kappa shape index (κ3) is 4.75. The number of halogens is 3. The Bertz CT molecular complexity index is 782. The first-order chi connectivity index (χ1) is 11.6. The molecule has 0 amide bonds. The van der Waals surface area contributed by atoms with E-state index in [4.69, 9.17) is 4.74 Å². The van der Waals surface area contributed by atoms with E-state index in [-0.39, 0.29) is 12.0 Å². The van der Waals surface area contributed by atoms with Gasteiger partial charge in [-0.1, -0.05) is 24.3 Å². The number of carboxylic acid groups (broad SMARTS) is 1. The Balaban J connectivity index is 2.27. The molecule has 0 radical (unpaired) electrons. The fraction of sp³-hybridized carbons (Fsp3) is 0.316. The van der Waals surface area contributed by atoms with E-state index in [1.807, 2.05) is 26.8 Å². The van der Waals surface area contributed by atoms with Crippen molar-refractivity contribution in [3.8, 4) is 5.75 Å². The molecule has 1 atom stereocenters. The molecule has 0 fully saturated rings. The topological polar surface area (TPSA) is 46.5 Å². The molecule has 2 rings (SSSR count). The van der Waals surface area contributed by atoms with Crippen molar-refractivity contribution in [2.45, 2.75) is 39.5 Å². The number of benzene rings is 2. The fourth-order valence-corrected chi connectivity index (χ4v) is 2.54. The van der Waals surface area contributed by atoms with Crippen LogP contribution in [0.5, 0.6) is 5.75 Å². The van der Waals surface area contributed by atoms with E-state index in [1.54, 1.807) is 6.07 Å². The van der Waals surface area contributed by atoms with Crippen molar-refractivity contribution in [2.24, 2.45) is 0 Å². The molecule has 0 saturated heterocycles. The molecule has 3 nitrogen and oxygen atoms in total. The summed E-state index contributed by atoms with van der Waals surface area (Å²) < 4.78 is 44.0. The number of rotatable bonds is 5. The second kappa shape index (κ2) is 7.17. The van der Waals surface area contributed by atoms with Crippen molar-refractivity contribution in [1.29, 1.82) is 0 Å². The maximum Gasteiger partial charge on any atom is 0.416 e. The fourth-order valence-electron chi connectivity index (χ4n) is 2.54. The van der Waals surface area contributed by atoms with E-state index in [2.05, 4.69) is 0 Å². The first kappa shape index (κ1) is 18.8. The van der Waals surface area contributed by atoms with Crippen molar-refractivity contribution in [3.05, 3.63) is 64.2 Å². The van der Waals surface area contributed by atoms with Crippen molar-refractivity contribution < 1.29 is 27.8 Å². The predicted octanol–water partition coefficient (Wildman–Crippen LogP) is 4.71. The van der Waals surface area contributed by atoms with Gasteiger partial charge in [0.05, 0.1) is 5.56 Å². The molecule has 1 N–H and O–H groups in total. The van der Waals surface area contributed by atoms with Crippen LogP contribution in [0.3, 0.4) is 0 Å². The number of ether oxygens (including phenoxy) is 1. The minimum absolute atomic E-state index is 0.161. The van der Waals surface area contributed by atoms with Gasteiger partial charge < -0.3 is 9.84 Å². The van der Waals surface area contributed by atoms with Crippen LogP contribution in [0.2, 0.25) is 0 Å². The number of carboxylic acids is 1. The van der Waals surface area contributed by atoms with Crippen LogP contribution >= 0.6 is 0 Å². The quantitative estimate of drug-likeness (QED) is 0.848. The van der Waals surface area contributed by atoms with Gasteiger partial charge in [-0.25, -0.2) is 4.79 Å². The highest BCUT2D eigenvalue weighted by Gasteiger charge is 2.31. The third-order valence-electron chi connectivity index (χ3n) is 3.98. The van der Waals surface area contributed by atoms with E-state index >= 15 is 0 Å². The second-order valence-electron chi connectivity index (χ2n) is 6.05. The highest BCUT2D eigenvalue weighted by molar-refractivity contribution is 5.73. The first-order valence-corrected chi connectivity index (χ1v) is 7.71. The Morgan fingerprint density at radius 3 is 2.44 bits per heavy atom. The van der Waals surface area contributed by atoms with Crippen molar-refractivity contribution in [3.63, 3.8) is 0 Å². The van der Waals surface area contributed by atoms with Gasteiger partial charge in [-0.15, -0.1) is 0 Å². The summed E-state index contributed by atoms with van der Waals surface area (Å²) in [4.78, 5) is 11.5. The van der Waals surface area contributed by atoms with Crippen LogP contribution in [-0.4, -0.2) is 17.2 Å². The first-order valence-electron chi connectivity index (χ1n) is 7.71. The van der Waals surface area contributed by atoms with Crippen LogP contribution in [0, 0.1) is 20.8 Å². The van der Waals surface area contributed by atoms with Crippen LogP contribution in [0.1, 0.15) is 27.8 Å². The number of alkyl halides is 3. The van der Waals surface area contributed by atoms with Gasteiger partial charge in [0, 0.05) is 6.42 Å². The maximum absolute atomic E-state index is 12.8. The van der Waals surface area contributed by atoms with Gasteiger partial charge in [-0.05, 0) is 55.2 Å². The van der Waals surface area contributed by atoms with Gasteiger partial charge >= 0.3 is 12.1 Å². The molecule has 0 aromatic heterocycles. The summed E-state index contributed by atoms with van der Waals surface area (Å²) in [6, 6.07) is 8.30. The summed E-state index contributed by atoms with van der Waals surface area (Å²) >= 11 is 0. The summed E-state index contributed by atoms with van der Waals surface area (Å²) in [5.74, 6) is -0.798. The van der Waals surface area contributed by atoms with Gasteiger partial charge in [0.1, 0.15) is 5.75 Å². The lowest BCUT2D eigenvalue weighted by Crippen LogP contribution is -2.30. The Kier molecular flexibility index (Phi) is 5.40. The standard InChI is InChI=1S/C19H19F3O3/c1-11-7-12(2)13(3)16(8-11)25-17(18(23)24)10-14-5-4-6-15(9-14)19(20,21)22/h4-9,17H,10H2,1-3H3,(H,23,24). The summed E-state index contributed by atoms with van der Waals surface area (Å²) in [5, 5.41) is 9.41. The zero-order chi connectivity index (χ0) is 18.8. The minimum Gasteiger partial charge on any atom is -0.478 e. The number of aliphatic carboxylic acids is 1. The summed E-state index contributed by atoms with van der Waals surface area (Å²) in [6.07, 6.45) is -5.91. The highest BCUT2D eigenvalue weighted by Crippen LogP contribution is 2.30. The summed E-state index contributed by atoms with van der Waals surface area (Å²) in [6.45, 7) is 5.56. The van der Waals surface area contributed by atoms with Gasteiger partial charge in [0.15, 0.2) is 6.10 Å². The lowest BCUT2D eigenvalue weighted by molar-refractivity contribution is -0.145. The molecular weight excluding hydrogens is 333 g/mol. The van der Waals surface area contributed by atoms with Crippen LogP contribution in [0.15, 0.2) is 36.4 Å². The predicted molar refractivity (Wildman–Crippen MR) is 87.9 cm³/mol. The van der Waals surface area contributed by atoms with Gasteiger partial charge in [0.25, 0.3) is 0 Å². The van der Waals surface area contributed by atoms with E-state index in [9.17, 15) is 23.1 Å². The van der Waals surface area contributed by atoms with Crippen LogP contribution in [-0.2, 0) is 17.4 Å². The zero-order valence-corrected chi connectivity index (χ0v) is 14.1. The number of aryl methyl sites for hydroxylation is 2. The second-order valence-corrected chi connectivity index (χ2v) is 6.05. The van der Waals surface area contributed by atoms with Crippen molar-refractivity contribution in [1.82, 2.24) is 0 Å². The molecule has 0 saturated carbocycles. The van der Waals surface area contributed by atoms with Gasteiger partial charge in [0.2, 0.25) is 0 Å². The number of hydrogen-bond acceptors (Lipinski definition) is 2. The maximum atomic E-state index is 12.8. The van der Waals surface area contributed by atoms with E-state index in [0.717, 1.165) is 28.8 Å². The summed E-state index contributed by atoms with van der Waals surface area (Å²) in [7, 11) is 0. The number of hydrogen-bond donors (Lipinski definition) is 1. The molecule has 25 heavy (non-hydrogen) atoms. The molecule has 0 heterocycles. The molecule has 2 aromatic carbocycles. The molecule has 0 aliphatic carbocycles. The van der Waals surface area contributed by atoms with E-state index < -0.39 is 23.8 Å².